The SMILES string of the molecule is Cn1cc(C=C2Oc3ccc(NC(=O)Nc4cccnc4)cc3C2=O)c2c(C(=O)N3CCCCC3)ccnc21. The van der Waals surface area contributed by atoms with E-state index in [1.165, 1.54) is 6.20 Å². The van der Waals surface area contributed by atoms with Crippen LogP contribution in [0.4, 0.5) is 16.2 Å². The van der Waals surface area contributed by atoms with E-state index in [0.717, 1.165) is 32.4 Å². The minimum atomic E-state index is -0.459. The van der Waals surface area contributed by atoms with E-state index in [1.807, 2.05) is 22.7 Å². The Morgan fingerprint density at radius 2 is 1.85 bits per heavy atom. The van der Waals surface area contributed by atoms with E-state index in [4.69, 9.17) is 4.74 Å². The van der Waals surface area contributed by atoms with Crippen molar-refractivity contribution in [1.29, 1.82) is 0 Å². The molecule has 0 bridgehead atoms. The molecule has 39 heavy (non-hydrogen) atoms. The number of hydrogen-bond donors (Lipinski definition) is 2. The standard InChI is InChI=1S/C29H26N6O4/c1-34-17-18(25-21(9-11-31-27(25)34)28(37)35-12-3-2-4-13-35)14-24-26(36)22-15-19(7-8-23(22)39-24)32-29(38)33-20-6-5-10-30-16-20/h5-11,14-17H,2-4,12-13H2,1H3,(H2,32,33,38). The molecule has 1 saturated heterocycles. The van der Waals surface area contributed by atoms with Crippen LogP contribution in [0.25, 0.3) is 17.1 Å². The summed E-state index contributed by atoms with van der Waals surface area (Å²) in [6, 6.07) is 9.60. The molecule has 5 heterocycles. The lowest BCUT2D eigenvalue weighted by Crippen LogP contribution is -2.35. The molecule has 0 spiro atoms. The monoisotopic (exact) mass is 522 g/mol. The highest BCUT2D eigenvalue weighted by atomic mass is 16.5. The number of Topliss-reactive ketones (excluding diaryl/α,β-unsaturated/α-hetero) is 1. The van der Waals surface area contributed by atoms with E-state index in [9.17, 15) is 14.4 Å². The number of amides is 3. The number of fused-ring (bicyclic) bond motifs is 2. The van der Waals surface area contributed by atoms with Crippen molar-refractivity contribution >= 4 is 46.2 Å². The lowest BCUT2D eigenvalue weighted by Gasteiger charge is -2.27. The fraction of sp³-hybridized carbons (Fsp3) is 0.207. The predicted octanol–water partition coefficient (Wildman–Crippen LogP) is 4.85. The number of benzene rings is 1. The van der Waals surface area contributed by atoms with Crippen molar-refractivity contribution in [2.24, 2.45) is 7.05 Å². The second kappa shape index (κ2) is 10.1. The van der Waals surface area contributed by atoms with Crippen LogP contribution in [0, 0.1) is 0 Å². The molecule has 10 nitrogen and oxygen atoms in total. The van der Waals surface area contributed by atoms with Crippen LogP contribution in [0.5, 0.6) is 5.75 Å². The number of nitrogens with one attached hydrogen (secondary N) is 2. The van der Waals surface area contributed by atoms with Crippen molar-refractivity contribution in [3.8, 4) is 5.75 Å². The van der Waals surface area contributed by atoms with Gasteiger partial charge < -0.3 is 24.8 Å². The van der Waals surface area contributed by atoms with Gasteiger partial charge in [-0.2, -0.15) is 0 Å². The molecule has 3 amide bonds. The van der Waals surface area contributed by atoms with Gasteiger partial charge in [-0.3, -0.25) is 14.6 Å². The highest BCUT2D eigenvalue weighted by molar-refractivity contribution is 6.17. The van der Waals surface area contributed by atoms with Crippen molar-refractivity contribution in [2.45, 2.75) is 19.3 Å². The number of aromatic nitrogens is 3. The second-order valence-electron chi connectivity index (χ2n) is 9.58. The van der Waals surface area contributed by atoms with Crippen LogP contribution in [-0.4, -0.2) is 50.2 Å². The number of nitrogens with zero attached hydrogens (tertiary/aromatic N) is 4. The van der Waals surface area contributed by atoms with E-state index in [-0.39, 0.29) is 17.4 Å². The molecule has 0 atom stereocenters. The first kappa shape index (κ1) is 24.4. The first-order valence-electron chi connectivity index (χ1n) is 12.8. The number of anilines is 2. The molecule has 4 aromatic rings. The molecule has 1 aromatic carbocycles. The van der Waals surface area contributed by atoms with Crippen LogP contribution < -0.4 is 15.4 Å². The largest absolute Gasteiger partial charge is 0.452 e. The third-order valence-corrected chi connectivity index (χ3v) is 6.89. The van der Waals surface area contributed by atoms with Gasteiger partial charge in [0.1, 0.15) is 11.4 Å². The van der Waals surface area contributed by atoms with Crippen LogP contribution in [0.2, 0.25) is 0 Å². The first-order chi connectivity index (χ1) is 19.0. The summed E-state index contributed by atoms with van der Waals surface area (Å²) in [5.74, 6) is 0.184. The number of allylic oxidation sites excluding steroid dienone is 1. The number of likely N-dealkylation sites (tertiary alicyclic amines) is 1. The molecule has 196 valence electrons. The average molecular weight is 523 g/mol. The maximum absolute atomic E-state index is 13.4. The number of ether oxygens (including phenoxy) is 1. The molecule has 0 radical (unpaired) electrons. The fourth-order valence-corrected chi connectivity index (χ4v) is 5.03. The predicted molar refractivity (Wildman–Crippen MR) is 147 cm³/mol. The maximum atomic E-state index is 13.4. The van der Waals surface area contributed by atoms with Crippen LogP contribution in [0.3, 0.4) is 0 Å². The summed E-state index contributed by atoms with van der Waals surface area (Å²) in [6.07, 6.45) is 11.4. The normalized spacial score (nSPS) is 15.8. The number of ketones is 1. The lowest BCUT2D eigenvalue weighted by atomic mass is 10.0. The van der Waals surface area contributed by atoms with Crippen LogP contribution in [-0.2, 0) is 7.05 Å². The van der Waals surface area contributed by atoms with Crippen LogP contribution >= 0.6 is 0 Å². The van der Waals surface area contributed by atoms with Crippen molar-refractivity contribution in [3.63, 3.8) is 0 Å². The molecule has 2 N–H and O–H groups in total. The molecular formula is C29H26N6O4. The van der Waals surface area contributed by atoms with Crippen LogP contribution in [0.15, 0.2) is 66.9 Å². The summed E-state index contributed by atoms with van der Waals surface area (Å²) < 4.78 is 7.74. The van der Waals surface area contributed by atoms with E-state index in [1.54, 1.807) is 54.9 Å². The van der Waals surface area contributed by atoms with E-state index in [0.29, 0.717) is 44.8 Å². The van der Waals surface area contributed by atoms with Gasteiger partial charge in [-0.15, -0.1) is 0 Å². The van der Waals surface area contributed by atoms with Gasteiger partial charge in [0.25, 0.3) is 5.91 Å². The number of rotatable bonds is 4. The van der Waals surface area contributed by atoms with Gasteiger partial charge in [0.2, 0.25) is 5.78 Å². The molecule has 0 aliphatic carbocycles. The minimum Gasteiger partial charge on any atom is -0.452 e. The number of carbonyl (C=O) groups excluding carboxylic acids is 3. The third kappa shape index (κ3) is 4.72. The van der Waals surface area contributed by atoms with Crippen molar-refractivity contribution < 1.29 is 19.1 Å². The molecule has 10 heteroatoms. The van der Waals surface area contributed by atoms with Gasteiger partial charge in [0.05, 0.1) is 23.0 Å². The summed E-state index contributed by atoms with van der Waals surface area (Å²) >= 11 is 0. The first-order valence-corrected chi connectivity index (χ1v) is 12.8. The van der Waals surface area contributed by atoms with E-state index >= 15 is 0 Å². The topological polar surface area (TPSA) is 118 Å². The van der Waals surface area contributed by atoms with Crippen molar-refractivity contribution in [3.05, 3.63) is 83.6 Å². The molecular weight excluding hydrogens is 496 g/mol. The Morgan fingerprint density at radius 3 is 2.64 bits per heavy atom. The fourth-order valence-electron chi connectivity index (χ4n) is 5.03. The smallest absolute Gasteiger partial charge is 0.323 e. The number of carbonyl (C=O) groups is 3. The Hall–Kier alpha value is -4.99. The maximum Gasteiger partial charge on any atom is 0.323 e. The summed E-state index contributed by atoms with van der Waals surface area (Å²) in [6.45, 7) is 1.47. The molecule has 6 rings (SSSR count). The Labute approximate surface area is 224 Å². The molecule has 0 unspecified atom stereocenters. The zero-order chi connectivity index (χ0) is 26.9. The Bertz CT molecular complexity index is 1640. The summed E-state index contributed by atoms with van der Waals surface area (Å²) in [5.41, 5.74) is 3.21. The van der Waals surface area contributed by atoms with Gasteiger partial charge in [-0.05, 0) is 61.7 Å². The van der Waals surface area contributed by atoms with E-state index < -0.39 is 6.03 Å². The van der Waals surface area contributed by atoms with Crippen LogP contribution in [0.1, 0.15) is 45.5 Å². The highest BCUT2D eigenvalue weighted by Gasteiger charge is 2.29. The Morgan fingerprint density at radius 1 is 1.03 bits per heavy atom. The third-order valence-electron chi connectivity index (χ3n) is 6.89. The number of pyridine rings is 2. The summed E-state index contributed by atoms with van der Waals surface area (Å²) in [5, 5.41) is 6.10. The van der Waals surface area contributed by atoms with Gasteiger partial charge >= 0.3 is 6.03 Å². The van der Waals surface area contributed by atoms with Crippen molar-refractivity contribution in [2.75, 3.05) is 23.7 Å². The number of aryl methyl sites for hydroxylation is 1. The number of urea groups is 1. The Balaban J connectivity index is 1.27. The van der Waals surface area contributed by atoms with Gasteiger partial charge in [-0.1, -0.05) is 0 Å². The van der Waals surface area contributed by atoms with Crippen molar-refractivity contribution in [1.82, 2.24) is 19.4 Å². The van der Waals surface area contributed by atoms with E-state index in [2.05, 4.69) is 20.6 Å². The highest BCUT2D eigenvalue weighted by Crippen LogP contribution is 2.35. The quantitative estimate of drug-likeness (QED) is 0.370. The molecule has 1 fully saturated rings. The summed E-state index contributed by atoms with van der Waals surface area (Å²) in [4.78, 5) is 49.4. The van der Waals surface area contributed by atoms with Gasteiger partial charge in [0, 0.05) is 55.4 Å². The Kier molecular flexibility index (Phi) is 6.28. The zero-order valence-corrected chi connectivity index (χ0v) is 21.3. The van der Waals surface area contributed by atoms with Gasteiger partial charge in [-0.25, -0.2) is 9.78 Å². The minimum absolute atomic E-state index is 0.0322. The molecule has 2 aliphatic rings. The zero-order valence-electron chi connectivity index (χ0n) is 21.3. The average Bonchev–Trinajstić information content (AvgIpc) is 3.44. The molecule has 3 aromatic heterocycles. The number of piperidine rings is 1. The van der Waals surface area contributed by atoms with Gasteiger partial charge in [0.15, 0.2) is 5.76 Å². The molecule has 0 saturated carbocycles. The second-order valence-corrected chi connectivity index (χ2v) is 9.58. The summed E-state index contributed by atoms with van der Waals surface area (Å²) in [7, 11) is 1.85. The number of hydrogen-bond acceptors (Lipinski definition) is 6. The lowest BCUT2D eigenvalue weighted by molar-refractivity contribution is 0.0726. The molecule has 2 aliphatic heterocycles.